The zero-order valence-corrected chi connectivity index (χ0v) is 17.5. The van der Waals surface area contributed by atoms with Crippen molar-refractivity contribution in [2.75, 3.05) is 23.7 Å². The van der Waals surface area contributed by atoms with Crippen LogP contribution in [0, 0.1) is 0 Å². The molecule has 0 aliphatic heterocycles. The third-order valence-corrected chi connectivity index (χ3v) is 6.35. The van der Waals surface area contributed by atoms with Crippen LogP contribution in [0.5, 0.6) is 0 Å². The number of sulfonamides is 1. The van der Waals surface area contributed by atoms with Crippen LogP contribution in [0.15, 0.2) is 47.4 Å². The maximum atomic E-state index is 12.8. The second-order valence-electron chi connectivity index (χ2n) is 5.81. The molecule has 10 heteroatoms. The van der Waals surface area contributed by atoms with E-state index in [-0.39, 0.29) is 33.9 Å². The zero-order valence-electron chi connectivity index (χ0n) is 15.2. The summed E-state index contributed by atoms with van der Waals surface area (Å²) in [6.45, 7) is 2.75. The fourth-order valence-electron chi connectivity index (χ4n) is 2.35. The van der Waals surface area contributed by atoms with Crippen LogP contribution >= 0.6 is 23.2 Å². The second kappa shape index (κ2) is 9.38. The summed E-state index contributed by atoms with van der Waals surface area (Å²) in [5.74, 6) is -0.708. The average Bonchev–Trinajstić information content (AvgIpc) is 2.63. The molecule has 0 radical (unpaired) electrons. The minimum Gasteiger partial charge on any atom is -0.326 e. The van der Waals surface area contributed by atoms with E-state index in [0.29, 0.717) is 11.4 Å². The van der Waals surface area contributed by atoms with Gasteiger partial charge in [0.2, 0.25) is 21.8 Å². The zero-order chi connectivity index (χ0) is 20.9. The molecular weight excluding hydrogens is 425 g/mol. The van der Waals surface area contributed by atoms with Gasteiger partial charge in [0.25, 0.3) is 0 Å². The van der Waals surface area contributed by atoms with Gasteiger partial charge in [-0.3, -0.25) is 9.59 Å². The Labute approximate surface area is 173 Å². The number of amides is 2. The molecule has 2 aromatic rings. The normalized spacial score (nSPS) is 11.3. The Kier molecular flexibility index (Phi) is 7.42. The minimum absolute atomic E-state index is 0.0452. The number of nitrogens with one attached hydrogen (secondary N) is 2. The number of carbonyl (C=O) groups is 2. The number of anilines is 2. The molecule has 2 rings (SSSR count). The Morgan fingerprint density at radius 1 is 0.964 bits per heavy atom. The van der Waals surface area contributed by atoms with E-state index in [2.05, 4.69) is 10.6 Å². The number of nitrogens with zero attached hydrogens (tertiary/aromatic N) is 1. The van der Waals surface area contributed by atoms with Gasteiger partial charge >= 0.3 is 0 Å². The highest BCUT2D eigenvalue weighted by Gasteiger charge is 2.26. The maximum Gasteiger partial charge on any atom is 0.243 e. The molecule has 0 spiro atoms. The summed E-state index contributed by atoms with van der Waals surface area (Å²) < 4.78 is 26.6. The molecule has 0 unspecified atom stereocenters. The van der Waals surface area contributed by atoms with Crippen molar-refractivity contribution in [1.29, 1.82) is 0 Å². The van der Waals surface area contributed by atoms with Crippen molar-refractivity contribution in [1.82, 2.24) is 4.31 Å². The average molecular weight is 444 g/mol. The first-order valence-corrected chi connectivity index (χ1v) is 10.5. The van der Waals surface area contributed by atoms with E-state index in [0.717, 1.165) is 4.31 Å². The molecule has 2 amide bonds. The molecule has 0 bridgehead atoms. The van der Waals surface area contributed by atoms with E-state index in [9.17, 15) is 18.0 Å². The number of benzene rings is 2. The highest BCUT2D eigenvalue weighted by atomic mass is 35.5. The number of hydrogen-bond donors (Lipinski definition) is 2. The molecule has 0 aliphatic carbocycles. The lowest BCUT2D eigenvalue weighted by molar-refractivity contribution is -0.116. The summed E-state index contributed by atoms with van der Waals surface area (Å²) in [5.41, 5.74) is 1.06. The molecular formula is C18H19Cl2N3O4S. The van der Waals surface area contributed by atoms with Crippen molar-refractivity contribution in [3.05, 3.63) is 52.5 Å². The van der Waals surface area contributed by atoms with Gasteiger partial charge in [-0.05, 0) is 42.5 Å². The third kappa shape index (κ3) is 5.68. The highest BCUT2D eigenvalue weighted by molar-refractivity contribution is 7.89. The SMILES string of the molecule is CCN(CC(=O)Nc1ccc(NC(C)=O)cc1)S(=O)(=O)c1ccc(Cl)c(Cl)c1. The third-order valence-electron chi connectivity index (χ3n) is 3.69. The largest absolute Gasteiger partial charge is 0.326 e. The van der Waals surface area contributed by atoms with Crippen molar-refractivity contribution in [2.24, 2.45) is 0 Å². The Morgan fingerprint density at radius 2 is 1.54 bits per heavy atom. The van der Waals surface area contributed by atoms with E-state index in [1.807, 2.05) is 0 Å². The predicted molar refractivity (Wildman–Crippen MR) is 110 cm³/mol. The molecule has 28 heavy (non-hydrogen) atoms. The van der Waals surface area contributed by atoms with Gasteiger partial charge in [0.05, 0.1) is 21.5 Å². The van der Waals surface area contributed by atoms with E-state index < -0.39 is 15.9 Å². The summed E-state index contributed by atoms with van der Waals surface area (Å²) in [6.07, 6.45) is 0. The molecule has 2 aromatic carbocycles. The standard InChI is InChI=1S/C18H19Cl2N3O4S/c1-3-23(28(26,27)15-8-9-16(19)17(20)10-15)11-18(25)22-14-6-4-13(5-7-14)21-12(2)24/h4-10H,3,11H2,1-2H3,(H,21,24)(H,22,25). The first-order valence-electron chi connectivity index (χ1n) is 8.26. The monoisotopic (exact) mass is 443 g/mol. The van der Waals surface area contributed by atoms with Crippen LogP contribution in [0.1, 0.15) is 13.8 Å². The molecule has 0 heterocycles. The molecule has 2 N–H and O–H groups in total. The molecule has 0 atom stereocenters. The van der Waals surface area contributed by atoms with Gasteiger partial charge in [-0.25, -0.2) is 8.42 Å². The van der Waals surface area contributed by atoms with Gasteiger partial charge in [-0.15, -0.1) is 0 Å². The van der Waals surface area contributed by atoms with Gasteiger partial charge in [-0.1, -0.05) is 30.1 Å². The van der Waals surface area contributed by atoms with E-state index in [4.69, 9.17) is 23.2 Å². The van der Waals surface area contributed by atoms with Gasteiger partial charge in [0.1, 0.15) is 0 Å². The van der Waals surface area contributed by atoms with Gasteiger partial charge in [0, 0.05) is 24.8 Å². The van der Waals surface area contributed by atoms with E-state index in [1.54, 1.807) is 31.2 Å². The van der Waals surface area contributed by atoms with Crippen molar-refractivity contribution in [3.8, 4) is 0 Å². The lowest BCUT2D eigenvalue weighted by Crippen LogP contribution is -2.37. The second-order valence-corrected chi connectivity index (χ2v) is 8.57. The number of halogens is 2. The first-order chi connectivity index (χ1) is 13.1. The summed E-state index contributed by atoms with van der Waals surface area (Å²) in [6, 6.07) is 10.4. The Balaban J connectivity index is 2.09. The van der Waals surface area contributed by atoms with Crippen molar-refractivity contribution in [3.63, 3.8) is 0 Å². The van der Waals surface area contributed by atoms with Crippen LogP contribution in [0.25, 0.3) is 0 Å². The van der Waals surface area contributed by atoms with Gasteiger partial charge < -0.3 is 10.6 Å². The topological polar surface area (TPSA) is 95.6 Å². The molecule has 0 saturated carbocycles. The van der Waals surface area contributed by atoms with Crippen LogP contribution in [0.4, 0.5) is 11.4 Å². The van der Waals surface area contributed by atoms with Gasteiger partial charge in [0.15, 0.2) is 0 Å². The highest BCUT2D eigenvalue weighted by Crippen LogP contribution is 2.26. The number of rotatable bonds is 7. The fourth-order valence-corrected chi connectivity index (χ4v) is 4.15. The summed E-state index contributed by atoms with van der Waals surface area (Å²) in [4.78, 5) is 23.3. The van der Waals surface area contributed by atoms with Crippen LogP contribution in [0.3, 0.4) is 0 Å². The quantitative estimate of drug-likeness (QED) is 0.682. The fraction of sp³-hybridized carbons (Fsp3) is 0.222. The summed E-state index contributed by atoms with van der Waals surface area (Å²) in [5, 5.41) is 5.59. The Hall–Kier alpha value is -2.13. The van der Waals surface area contributed by atoms with Crippen LogP contribution in [-0.4, -0.2) is 37.6 Å². The van der Waals surface area contributed by atoms with Crippen LogP contribution in [-0.2, 0) is 19.6 Å². The molecule has 0 saturated heterocycles. The molecule has 0 fully saturated rings. The first kappa shape index (κ1) is 22.2. The Bertz CT molecular complexity index is 979. The van der Waals surface area contributed by atoms with E-state index in [1.165, 1.54) is 25.1 Å². The molecule has 0 aromatic heterocycles. The minimum atomic E-state index is -3.92. The lowest BCUT2D eigenvalue weighted by atomic mass is 10.2. The number of carbonyl (C=O) groups excluding carboxylic acids is 2. The summed E-state index contributed by atoms with van der Waals surface area (Å²) >= 11 is 11.7. The van der Waals surface area contributed by atoms with Crippen LogP contribution in [0.2, 0.25) is 10.0 Å². The predicted octanol–water partition coefficient (Wildman–Crippen LogP) is 3.60. The Morgan fingerprint density at radius 3 is 2.04 bits per heavy atom. The number of hydrogen-bond acceptors (Lipinski definition) is 4. The number of likely N-dealkylation sites (N-methyl/N-ethyl adjacent to an activating group) is 1. The summed E-state index contributed by atoms with van der Waals surface area (Å²) in [7, 11) is -3.92. The smallest absolute Gasteiger partial charge is 0.243 e. The van der Waals surface area contributed by atoms with Crippen LogP contribution < -0.4 is 10.6 Å². The molecule has 150 valence electrons. The van der Waals surface area contributed by atoms with Crippen molar-refractivity contribution in [2.45, 2.75) is 18.7 Å². The molecule has 7 nitrogen and oxygen atoms in total. The van der Waals surface area contributed by atoms with Crippen molar-refractivity contribution >= 4 is 56.4 Å². The lowest BCUT2D eigenvalue weighted by Gasteiger charge is -2.20. The maximum absolute atomic E-state index is 12.8. The van der Waals surface area contributed by atoms with Gasteiger partial charge in [-0.2, -0.15) is 4.31 Å². The van der Waals surface area contributed by atoms with E-state index >= 15 is 0 Å². The van der Waals surface area contributed by atoms with Crippen molar-refractivity contribution < 1.29 is 18.0 Å². The molecule has 0 aliphatic rings.